The molecule has 0 bridgehead atoms. The fourth-order valence-electron chi connectivity index (χ4n) is 0.607. The van der Waals surface area contributed by atoms with E-state index in [9.17, 15) is 9.59 Å². The molecule has 9 heavy (non-hydrogen) atoms. The largest absolute Gasteiger partial charge is 0.358 e. The fraction of sp³-hybridized carbons (Fsp3) is 0.333. The summed E-state index contributed by atoms with van der Waals surface area (Å²) in [6.07, 6.45) is 2.60. The Bertz CT molecular complexity index is 160. The average Bonchev–Trinajstić information content (AvgIpc) is 1.89. The van der Waals surface area contributed by atoms with Gasteiger partial charge in [0.25, 0.3) is 0 Å². The number of aldehydes is 1. The van der Waals surface area contributed by atoms with Crippen LogP contribution < -0.4 is 0 Å². The van der Waals surface area contributed by atoms with Crippen molar-refractivity contribution in [1.29, 1.82) is 0 Å². The van der Waals surface area contributed by atoms with E-state index in [4.69, 9.17) is 4.74 Å². The lowest BCUT2D eigenvalue weighted by atomic mass is 10.2. The summed E-state index contributed by atoms with van der Waals surface area (Å²) in [7, 11) is 0. The number of ketones is 1. The molecule has 1 unspecified atom stereocenters. The monoisotopic (exact) mass is 126 g/mol. The number of hydrogen-bond acceptors (Lipinski definition) is 3. The maximum atomic E-state index is 10.6. The van der Waals surface area contributed by atoms with Crippen LogP contribution in [0.2, 0.25) is 0 Å². The van der Waals surface area contributed by atoms with Crippen LogP contribution in [0.5, 0.6) is 0 Å². The summed E-state index contributed by atoms with van der Waals surface area (Å²) in [5.41, 5.74) is 0. The Hall–Kier alpha value is -0.960. The highest BCUT2D eigenvalue weighted by atomic mass is 16.5. The van der Waals surface area contributed by atoms with Crippen molar-refractivity contribution in [3.8, 4) is 0 Å². The second kappa shape index (κ2) is 2.55. The fourth-order valence-corrected chi connectivity index (χ4v) is 0.607. The molecule has 1 aliphatic rings. The summed E-state index contributed by atoms with van der Waals surface area (Å²) in [4.78, 5) is 20.6. The molecular formula is C6H6O3. The van der Waals surface area contributed by atoms with Crippen molar-refractivity contribution >= 4 is 12.1 Å². The topological polar surface area (TPSA) is 43.4 Å². The first-order valence-corrected chi connectivity index (χ1v) is 2.62. The third-order valence-electron chi connectivity index (χ3n) is 1.06. The molecule has 0 saturated heterocycles. The van der Waals surface area contributed by atoms with Crippen LogP contribution in [-0.2, 0) is 14.3 Å². The lowest BCUT2D eigenvalue weighted by Crippen LogP contribution is -2.27. The van der Waals surface area contributed by atoms with Crippen LogP contribution in [0.1, 0.15) is 0 Å². The SMILES string of the molecule is O=CC1OCC=CC1=O. The van der Waals surface area contributed by atoms with E-state index in [-0.39, 0.29) is 5.78 Å². The first kappa shape index (κ1) is 6.16. The Kier molecular flexibility index (Phi) is 1.75. The van der Waals surface area contributed by atoms with Crippen molar-refractivity contribution in [2.75, 3.05) is 6.61 Å². The first-order valence-electron chi connectivity index (χ1n) is 2.62. The molecule has 0 aromatic carbocycles. The molecule has 0 aliphatic carbocycles. The third kappa shape index (κ3) is 1.23. The lowest BCUT2D eigenvalue weighted by molar-refractivity contribution is -0.133. The third-order valence-corrected chi connectivity index (χ3v) is 1.06. The summed E-state index contributed by atoms with van der Waals surface area (Å²) in [6.45, 7) is 0.356. The first-order chi connectivity index (χ1) is 4.34. The van der Waals surface area contributed by atoms with Crippen LogP contribution in [-0.4, -0.2) is 24.8 Å². The lowest BCUT2D eigenvalue weighted by Gasteiger charge is -2.09. The van der Waals surface area contributed by atoms with Gasteiger partial charge >= 0.3 is 0 Å². The molecule has 0 fully saturated rings. The molecule has 0 amide bonds. The quantitative estimate of drug-likeness (QED) is 0.358. The Morgan fingerprint density at radius 1 is 1.78 bits per heavy atom. The summed E-state index contributed by atoms with van der Waals surface area (Å²) in [6, 6.07) is 0. The second-order valence-corrected chi connectivity index (χ2v) is 1.69. The van der Waals surface area contributed by atoms with Crippen LogP contribution in [0.25, 0.3) is 0 Å². The smallest absolute Gasteiger partial charge is 0.191 e. The van der Waals surface area contributed by atoms with Gasteiger partial charge in [-0.2, -0.15) is 0 Å². The molecular weight excluding hydrogens is 120 g/mol. The van der Waals surface area contributed by atoms with Gasteiger partial charge in [-0.1, -0.05) is 6.08 Å². The molecule has 0 spiro atoms. The maximum absolute atomic E-state index is 10.6. The van der Waals surface area contributed by atoms with Crippen LogP contribution in [0.3, 0.4) is 0 Å². The Balaban J connectivity index is 2.65. The number of hydrogen-bond donors (Lipinski definition) is 0. The predicted molar refractivity (Wildman–Crippen MR) is 30.0 cm³/mol. The van der Waals surface area contributed by atoms with Gasteiger partial charge in [0.1, 0.15) is 0 Å². The highest BCUT2D eigenvalue weighted by Crippen LogP contribution is 1.98. The van der Waals surface area contributed by atoms with Crippen molar-refractivity contribution in [1.82, 2.24) is 0 Å². The standard InChI is InChI=1S/C6H6O3/c7-4-6-5(8)2-1-3-9-6/h1-2,4,6H,3H2. The number of ether oxygens (including phenoxy) is 1. The molecule has 0 aromatic rings. The normalized spacial score (nSPS) is 26.2. The highest BCUT2D eigenvalue weighted by molar-refractivity contribution is 6.03. The molecule has 1 aliphatic heterocycles. The van der Waals surface area contributed by atoms with Crippen LogP contribution in [0.4, 0.5) is 0 Å². The number of carbonyl (C=O) groups excluding carboxylic acids is 2. The summed E-state index contributed by atoms with van der Waals surface area (Å²) in [5, 5.41) is 0. The molecule has 1 atom stereocenters. The van der Waals surface area contributed by atoms with Gasteiger partial charge in [-0.3, -0.25) is 9.59 Å². The van der Waals surface area contributed by atoms with E-state index in [1.165, 1.54) is 6.08 Å². The zero-order chi connectivity index (χ0) is 6.69. The zero-order valence-corrected chi connectivity index (χ0v) is 4.74. The van der Waals surface area contributed by atoms with Crippen molar-refractivity contribution in [2.45, 2.75) is 6.10 Å². The molecule has 3 nitrogen and oxygen atoms in total. The predicted octanol–water partition coefficient (Wildman–Crippen LogP) is -0.291. The van der Waals surface area contributed by atoms with E-state index in [1.54, 1.807) is 6.08 Å². The van der Waals surface area contributed by atoms with Gasteiger partial charge in [0.2, 0.25) is 0 Å². The average molecular weight is 126 g/mol. The van der Waals surface area contributed by atoms with E-state index in [0.717, 1.165) is 0 Å². The zero-order valence-electron chi connectivity index (χ0n) is 4.74. The number of carbonyl (C=O) groups is 2. The van der Waals surface area contributed by atoms with Crippen molar-refractivity contribution in [3.05, 3.63) is 12.2 Å². The second-order valence-electron chi connectivity index (χ2n) is 1.69. The van der Waals surface area contributed by atoms with Gasteiger partial charge in [-0.25, -0.2) is 0 Å². The van der Waals surface area contributed by atoms with E-state index >= 15 is 0 Å². The van der Waals surface area contributed by atoms with Crippen LogP contribution in [0.15, 0.2) is 12.2 Å². The van der Waals surface area contributed by atoms with Gasteiger partial charge in [-0.15, -0.1) is 0 Å². The molecule has 1 heterocycles. The Labute approximate surface area is 52.3 Å². The van der Waals surface area contributed by atoms with Gasteiger partial charge < -0.3 is 4.74 Å². The minimum absolute atomic E-state index is 0.267. The van der Waals surface area contributed by atoms with Crippen molar-refractivity contribution in [2.24, 2.45) is 0 Å². The number of rotatable bonds is 1. The Morgan fingerprint density at radius 3 is 3.00 bits per heavy atom. The van der Waals surface area contributed by atoms with Gasteiger partial charge in [0.05, 0.1) is 6.61 Å². The molecule has 0 N–H and O–H groups in total. The molecule has 3 heteroatoms. The minimum Gasteiger partial charge on any atom is -0.358 e. The molecule has 0 radical (unpaired) electrons. The maximum Gasteiger partial charge on any atom is 0.191 e. The minimum atomic E-state index is -0.852. The molecule has 1 rings (SSSR count). The van der Waals surface area contributed by atoms with Crippen molar-refractivity contribution < 1.29 is 14.3 Å². The Morgan fingerprint density at radius 2 is 2.56 bits per heavy atom. The van der Waals surface area contributed by atoms with Crippen LogP contribution >= 0.6 is 0 Å². The van der Waals surface area contributed by atoms with Gasteiger partial charge in [0, 0.05) is 0 Å². The summed E-state index contributed by atoms with van der Waals surface area (Å²) >= 11 is 0. The molecule has 0 saturated carbocycles. The van der Waals surface area contributed by atoms with E-state index in [1.807, 2.05) is 0 Å². The van der Waals surface area contributed by atoms with Gasteiger partial charge in [0.15, 0.2) is 18.2 Å². The van der Waals surface area contributed by atoms with Crippen LogP contribution in [0, 0.1) is 0 Å². The van der Waals surface area contributed by atoms with E-state index < -0.39 is 6.10 Å². The van der Waals surface area contributed by atoms with E-state index in [0.29, 0.717) is 12.9 Å². The van der Waals surface area contributed by atoms with Crippen molar-refractivity contribution in [3.63, 3.8) is 0 Å². The summed E-state index contributed by atoms with van der Waals surface area (Å²) in [5.74, 6) is -0.267. The summed E-state index contributed by atoms with van der Waals surface area (Å²) < 4.78 is 4.73. The van der Waals surface area contributed by atoms with E-state index in [2.05, 4.69) is 0 Å². The highest BCUT2D eigenvalue weighted by Gasteiger charge is 2.17. The molecule has 0 aromatic heterocycles. The molecule has 48 valence electrons. The van der Waals surface area contributed by atoms with Gasteiger partial charge in [-0.05, 0) is 6.08 Å².